The lowest BCUT2D eigenvalue weighted by atomic mass is 10.1. The number of carbonyl (C=O) groups is 1. The molecule has 0 N–H and O–H groups in total. The van der Waals surface area contributed by atoms with Crippen molar-refractivity contribution in [3.63, 3.8) is 0 Å². The average molecular weight is 197 g/mol. The molecule has 14 heavy (non-hydrogen) atoms. The predicted octanol–water partition coefficient (Wildman–Crippen LogP) is 3.28. The van der Waals surface area contributed by atoms with E-state index in [1.807, 2.05) is 0 Å². The van der Waals surface area contributed by atoms with Gasteiger partial charge in [0.25, 0.3) is 0 Å². The van der Waals surface area contributed by atoms with E-state index in [0.29, 0.717) is 12.2 Å². The third-order valence-corrected chi connectivity index (χ3v) is 1.92. The minimum absolute atomic E-state index is 0.273. The van der Waals surface area contributed by atoms with Crippen LogP contribution in [0.4, 0.5) is 0 Å². The van der Waals surface area contributed by atoms with Crippen LogP contribution in [0.25, 0.3) is 0 Å². The van der Waals surface area contributed by atoms with Gasteiger partial charge in [-0.3, -0.25) is 0 Å². The minimum Gasteiger partial charge on any atom is -0.462 e. The van der Waals surface area contributed by atoms with Gasteiger partial charge in [-0.25, -0.2) is 4.79 Å². The maximum Gasteiger partial charge on any atom is 0.333 e. The first-order valence-corrected chi connectivity index (χ1v) is 5.32. The molecule has 0 unspecified atom stereocenters. The van der Waals surface area contributed by atoms with Gasteiger partial charge in [-0.2, -0.15) is 0 Å². The second-order valence-corrected chi connectivity index (χ2v) is 3.46. The van der Waals surface area contributed by atoms with Crippen LogP contribution in [0.15, 0.2) is 12.2 Å². The van der Waals surface area contributed by atoms with Crippen LogP contribution in [0.3, 0.4) is 0 Å². The zero-order chi connectivity index (χ0) is 10.8. The van der Waals surface area contributed by atoms with Crippen molar-refractivity contribution >= 4 is 5.97 Å². The normalized spacial score (nSPS) is 9.86. The summed E-state index contributed by atoms with van der Waals surface area (Å²) in [6.07, 6.45) is 7.87. The Morgan fingerprint density at radius 1 is 1.36 bits per heavy atom. The van der Waals surface area contributed by atoms with Gasteiger partial charge < -0.3 is 4.74 Å². The molecule has 0 aliphatic carbocycles. The molecule has 0 amide bonds. The van der Waals surface area contributed by atoms with Crippen LogP contribution in [-0.2, 0) is 9.53 Å². The second-order valence-electron chi connectivity index (χ2n) is 3.46. The fraction of sp³-hybridized carbons (Fsp3) is 0.667. The molecule has 0 aliphatic rings. The molecule has 0 aliphatic heterocycles. The summed E-state index contributed by atoms with van der Waals surface area (Å²) in [4.78, 5) is 11.0. The summed E-state index contributed by atoms with van der Waals surface area (Å²) >= 11 is 0. The van der Waals surface area contributed by atoms with Crippen LogP contribution < -0.4 is 0 Å². The van der Waals surface area contributed by atoms with Gasteiger partial charge >= 0.3 is 5.97 Å². The molecule has 0 aromatic rings. The molecule has 0 atom stereocenters. The van der Waals surface area contributed by atoms with Gasteiger partial charge in [0.15, 0.2) is 0 Å². The van der Waals surface area contributed by atoms with E-state index in [4.69, 9.17) is 4.74 Å². The number of esters is 1. The zero-order valence-corrected chi connectivity index (χ0v) is 9.34. The highest BCUT2D eigenvalue weighted by molar-refractivity contribution is 5.86. The lowest BCUT2D eigenvalue weighted by molar-refractivity contribution is -0.139. The summed E-state index contributed by atoms with van der Waals surface area (Å²) in [5.41, 5.74) is 0.476. The van der Waals surface area contributed by atoms with Crippen LogP contribution in [0.5, 0.6) is 0 Å². The molecule has 1 radical (unpaired) electrons. The first-order chi connectivity index (χ1) is 6.68. The summed E-state index contributed by atoms with van der Waals surface area (Å²) in [6, 6.07) is 0. The lowest BCUT2D eigenvalue weighted by Crippen LogP contribution is -2.05. The minimum atomic E-state index is -0.273. The topological polar surface area (TPSA) is 26.3 Å². The molecule has 2 heteroatoms. The van der Waals surface area contributed by atoms with E-state index in [-0.39, 0.29) is 5.97 Å². The van der Waals surface area contributed by atoms with Crippen molar-refractivity contribution in [2.24, 2.45) is 0 Å². The highest BCUT2D eigenvalue weighted by Crippen LogP contribution is 2.04. The molecule has 0 aromatic heterocycles. The summed E-state index contributed by atoms with van der Waals surface area (Å²) < 4.78 is 4.96. The standard InChI is InChI=1S/C12H21O2/c1-4-5-6-7-8-9-10-14-12(13)11(2)3/h5H,2,4,6-10H2,1,3H3. The first-order valence-electron chi connectivity index (χ1n) is 5.32. The van der Waals surface area contributed by atoms with E-state index in [0.717, 1.165) is 19.3 Å². The Bertz CT molecular complexity index is 173. The van der Waals surface area contributed by atoms with Gasteiger partial charge in [-0.05, 0) is 19.8 Å². The van der Waals surface area contributed by atoms with Crippen LogP contribution in [0.1, 0.15) is 46.0 Å². The lowest BCUT2D eigenvalue weighted by Gasteiger charge is -2.03. The van der Waals surface area contributed by atoms with Gasteiger partial charge in [-0.1, -0.05) is 39.2 Å². The molecule has 0 bridgehead atoms. The molecule has 0 rings (SSSR count). The largest absolute Gasteiger partial charge is 0.462 e. The number of carbonyl (C=O) groups excluding carboxylic acids is 1. The molecule has 0 saturated carbocycles. The van der Waals surface area contributed by atoms with E-state index < -0.39 is 0 Å². The zero-order valence-electron chi connectivity index (χ0n) is 9.34. The third-order valence-electron chi connectivity index (χ3n) is 1.92. The third kappa shape index (κ3) is 7.84. The van der Waals surface area contributed by atoms with Crippen molar-refractivity contribution in [2.45, 2.75) is 46.0 Å². The molecule has 2 nitrogen and oxygen atoms in total. The van der Waals surface area contributed by atoms with Crippen LogP contribution in [-0.4, -0.2) is 12.6 Å². The van der Waals surface area contributed by atoms with Crippen LogP contribution >= 0.6 is 0 Å². The fourth-order valence-corrected chi connectivity index (χ4v) is 1.06. The van der Waals surface area contributed by atoms with Crippen LogP contribution in [0.2, 0.25) is 0 Å². The number of ether oxygens (including phenoxy) is 1. The molecule has 0 spiro atoms. The van der Waals surface area contributed by atoms with Gasteiger partial charge in [0.2, 0.25) is 0 Å². The van der Waals surface area contributed by atoms with Crippen molar-refractivity contribution in [2.75, 3.05) is 6.61 Å². The molecular formula is C12H21O2. The van der Waals surface area contributed by atoms with Crippen LogP contribution in [0, 0.1) is 6.42 Å². The highest BCUT2D eigenvalue weighted by atomic mass is 16.5. The number of unbranched alkanes of at least 4 members (excludes halogenated alkanes) is 5. The van der Waals surface area contributed by atoms with E-state index in [1.54, 1.807) is 6.92 Å². The van der Waals surface area contributed by atoms with Crippen molar-refractivity contribution in [3.8, 4) is 0 Å². The molecular weight excluding hydrogens is 176 g/mol. The van der Waals surface area contributed by atoms with Crippen molar-refractivity contribution in [3.05, 3.63) is 18.6 Å². The Kier molecular flexibility index (Phi) is 8.30. The van der Waals surface area contributed by atoms with E-state index in [9.17, 15) is 4.79 Å². The SMILES string of the molecule is C=C(C)C(=O)OCCCCC[CH]CC. The molecule has 0 saturated heterocycles. The molecule has 0 aromatic carbocycles. The summed E-state index contributed by atoms with van der Waals surface area (Å²) in [6.45, 7) is 7.85. The number of hydrogen-bond donors (Lipinski definition) is 0. The fourth-order valence-electron chi connectivity index (χ4n) is 1.06. The Morgan fingerprint density at radius 3 is 2.64 bits per heavy atom. The maximum atomic E-state index is 11.0. The highest BCUT2D eigenvalue weighted by Gasteiger charge is 2.01. The summed E-state index contributed by atoms with van der Waals surface area (Å²) in [7, 11) is 0. The van der Waals surface area contributed by atoms with Gasteiger partial charge in [0.1, 0.15) is 0 Å². The van der Waals surface area contributed by atoms with Crippen molar-refractivity contribution < 1.29 is 9.53 Å². The Balaban J connectivity index is 3.13. The first kappa shape index (κ1) is 13.2. The van der Waals surface area contributed by atoms with E-state index in [1.165, 1.54) is 12.8 Å². The van der Waals surface area contributed by atoms with Gasteiger partial charge in [-0.15, -0.1) is 0 Å². The summed E-state index contributed by atoms with van der Waals surface area (Å²) in [5, 5.41) is 0. The van der Waals surface area contributed by atoms with Crippen molar-refractivity contribution in [1.29, 1.82) is 0 Å². The van der Waals surface area contributed by atoms with Gasteiger partial charge in [0.05, 0.1) is 6.61 Å². The molecule has 0 heterocycles. The number of hydrogen-bond acceptors (Lipinski definition) is 2. The van der Waals surface area contributed by atoms with E-state index >= 15 is 0 Å². The Labute approximate surface area is 87.3 Å². The molecule has 81 valence electrons. The second kappa shape index (κ2) is 8.79. The van der Waals surface area contributed by atoms with E-state index in [2.05, 4.69) is 19.9 Å². The Hall–Kier alpha value is -0.790. The average Bonchev–Trinajstić information content (AvgIpc) is 2.16. The maximum absolute atomic E-state index is 11.0. The number of rotatable bonds is 8. The van der Waals surface area contributed by atoms with Gasteiger partial charge in [0, 0.05) is 5.57 Å². The van der Waals surface area contributed by atoms with Crippen molar-refractivity contribution in [1.82, 2.24) is 0 Å². The molecule has 0 fully saturated rings. The quantitative estimate of drug-likeness (QED) is 0.339. The summed E-state index contributed by atoms with van der Waals surface area (Å²) in [5.74, 6) is -0.273. The predicted molar refractivity (Wildman–Crippen MR) is 58.8 cm³/mol. The smallest absolute Gasteiger partial charge is 0.333 e. The monoisotopic (exact) mass is 197 g/mol. The Morgan fingerprint density at radius 2 is 2.07 bits per heavy atom.